The van der Waals surface area contributed by atoms with Gasteiger partial charge < -0.3 is 5.32 Å². The van der Waals surface area contributed by atoms with Crippen molar-refractivity contribution in [3.63, 3.8) is 0 Å². The highest BCUT2D eigenvalue weighted by molar-refractivity contribution is 6.30. The summed E-state index contributed by atoms with van der Waals surface area (Å²) in [5.41, 5.74) is 1.07. The van der Waals surface area contributed by atoms with Crippen molar-refractivity contribution in [3.05, 3.63) is 34.9 Å². The maximum Gasteiger partial charge on any atom is 0.237 e. The Hall–Kier alpha value is -1.06. The molecule has 1 amide bonds. The number of nitrogens with one attached hydrogen (secondary N) is 1. The van der Waals surface area contributed by atoms with Crippen molar-refractivity contribution in [3.8, 4) is 0 Å². The van der Waals surface area contributed by atoms with Gasteiger partial charge in [-0.1, -0.05) is 30.7 Å². The molecule has 1 saturated heterocycles. The lowest BCUT2D eigenvalue weighted by Crippen LogP contribution is -2.48. The predicted molar refractivity (Wildman–Crippen MR) is 82.7 cm³/mol. The number of hydrogen-bond donors (Lipinski definition) is 1. The van der Waals surface area contributed by atoms with Crippen molar-refractivity contribution in [2.75, 3.05) is 13.1 Å². The Bertz CT molecular complexity index is 446. The van der Waals surface area contributed by atoms with Gasteiger partial charge in [0.15, 0.2) is 0 Å². The first-order valence-corrected chi connectivity index (χ1v) is 7.70. The Morgan fingerprint density at radius 3 is 2.80 bits per heavy atom. The molecule has 0 spiro atoms. The fourth-order valence-electron chi connectivity index (χ4n) is 2.68. The molecule has 4 heteroatoms. The molecule has 0 unspecified atom stereocenters. The van der Waals surface area contributed by atoms with Gasteiger partial charge in [0.1, 0.15) is 0 Å². The molecule has 1 aliphatic rings. The van der Waals surface area contributed by atoms with Crippen LogP contribution in [-0.2, 0) is 11.3 Å². The van der Waals surface area contributed by atoms with E-state index < -0.39 is 0 Å². The largest absolute Gasteiger partial charge is 0.351 e. The van der Waals surface area contributed by atoms with E-state index in [1.54, 1.807) is 0 Å². The van der Waals surface area contributed by atoms with Gasteiger partial charge in [0, 0.05) is 18.1 Å². The van der Waals surface area contributed by atoms with Crippen LogP contribution in [0.25, 0.3) is 0 Å². The smallest absolute Gasteiger partial charge is 0.237 e. The van der Waals surface area contributed by atoms with Crippen LogP contribution in [0.2, 0.25) is 5.02 Å². The molecule has 1 aromatic rings. The molecule has 0 bridgehead atoms. The van der Waals surface area contributed by atoms with Crippen LogP contribution in [0.4, 0.5) is 0 Å². The molecule has 1 fully saturated rings. The summed E-state index contributed by atoms with van der Waals surface area (Å²) in [7, 11) is 0. The second-order valence-electron chi connectivity index (χ2n) is 5.76. The molecule has 0 aromatic heterocycles. The van der Waals surface area contributed by atoms with Crippen molar-refractivity contribution in [2.45, 2.75) is 39.3 Å². The molecule has 1 aromatic carbocycles. The van der Waals surface area contributed by atoms with Crippen LogP contribution in [0.3, 0.4) is 0 Å². The molecule has 1 aliphatic heterocycles. The zero-order chi connectivity index (χ0) is 14.5. The summed E-state index contributed by atoms with van der Waals surface area (Å²) in [5, 5.41) is 3.72. The zero-order valence-electron chi connectivity index (χ0n) is 12.2. The molecule has 1 heterocycles. The molecule has 110 valence electrons. The first-order valence-electron chi connectivity index (χ1n) is 7.32. The third kappa shape index (κ3) is 4.22. The summed E-state index contributed by atoms with van der Waals surface area (Å²) in [5.74, 6) is 0.796. The maximum atomic E-state index is 12.2. The van der Waals surface area contributed by atoms with Crippen molar-refractivity contribution in [1.82, 2.24) is 10.2 Å². The molecular weight excluding hydrogens is 272 g/mol. The molecule has 0 aliphatic carbocycles. The van der Waals surface area contributed by atoms with Crippen LogP contribution in [-0.4, -0.2) is 29.9 Å². The molecular formula is C16H23ClN2O. The van der Waals surface area contributed by atoms with Crippen LogP contribution in [0, 0.1) is 5.92 Å². The molecule has 2 rings (SSSR count). The van der Waals surface area contributed by atoms with E-state index in [4.69, 9.17) is 11.6 Å². The van der Waals surface area contributed by atoms with Gasteiger partial charge >= 0.3 is 0 Å². The Morgan fingerprint density at radius 2 is 2.15 bits per heavy atom. The monoisotopic (exact) mass is 294 g/mol. The quantitative estimate of drug-likeness (QED) is 0.925. The van der Waals surface area contributed by atoms with E-state index in [0.29, 0.717) is 12.5 Å². The second-order valence-corrected chi connectivity index (χ2v) is 6.20. The average molecular weight is 295 g/mol. The molecule has 20 heavy (non-hydrogen) atoms. The summed E-state index contributed by atoms with van der Waals surface area (Å²) in [4.78, 5) is 14.5. The van der Waals surface area contributed by atoms with Crippen molar-refractivity contribution < 1.29 is 4.79 Å². The summed E-state index contributed by atoms with van der Waals surface area (Å²) in [6, 6.07) is 7.52. The standard InChI is InChI=1S/C16H23ClN2O/c1-12-4-3-9-19(11-12)13(2)16(20)18-10-14-5-7-15(17)8-6-14/h5-8,12-13H,3-4,9-11H2,1-2H3,(H,18,20)/t12-,13-/m0/s1. The van der Waals surface area contributed by atoms with E-state index in [9.17, 15) is 4.79 Å². The SMILES string of the molecule is C[C@H]1CCCN([C@@H](C)C(=O)NCc2ccc(Cl)cc2)C1. The number of carbonyl (C=O) groups excluding carboxylic acids is 1. The summed E-state index contributed by atoms with van der Waals surface area (Å²) in [6.07, 6.45) is 2.46. The van der Waals surface area contributed by atoms with E-state index in [1.807, 2.05) is 31.2 Å². The highest BCUT2D eigenvalue weighted by Crippen LogP contribution is 2.17. The Kier molecular flexibility index (Phi) is 5.44. The van der Waals surface area contributed by atoms with Gasteiger partial charge in [0.2, 0.25) is 5.91 Å². The lowest BCUT2D eigenvalue weighted by Gasteiger charge is -2.34. The molecule has 2 atom stereocenters. The predicted octanol–water partition coefficient (Wildman–Crippen LogP) is 3.08. The fourth-order valence-corrected chi connectivity index (χ4v) is 2.81. The molecule has 1 N–H and O–H groups in total. The van der Waals surface area contributed by atoms with Crippen LogP contribution >= 0.6 is 11.6 Å². The number of piperidine rings is 1. The van der Waals surface area contributed by atoms with Gasteiger partial charge in [0.05, 0.1) is 6.04 Å². The Morgan fingerprint density at radius 1 is 1.45 bits per heavy atom. The molecule has 0 radical (unpaired) electrons. The normalized spacial score (nSPS) is 21.4. The van der Waals surface area contributed by atoms with Crippen LogP contribution in [0.15, 0.2) is 24.3 Å². The minimum atomic E-state index is -0.0509. The number of likely N-dealkylation sites (tertiary alicyclic amines) is 1. The number of benzene rings is 1. The van der Waals surface area contributed by atoms with E-state index >= 15 is 0 Å². The number of amides is 1. The van der Waals surface area contributed by atoms with Gasteiger partial charge in [-0.15, -0.1) is 0 Å². The molecule has 0 saturated carbocycles. The first kappa shape index (κ1) is 15.3. The van der Waals surface area contributed by atoms with E-state index in [0.717, 1.165) is 23.7 Å². The lowest BCUT2D eigenvalue weighted by molar-refractivity contribution is -0.126. The van der Waals surface area contributed by atoms with E-state index in [-0.39, 0.29) is 11.9 Å². The summed E-state index contributed by atoms with van der Waals surface area (Å²) < 4.78 is 0. The van der Waals surface area contributed by atoms with E-state index in [1.165, 1.54) is 12.8 Å². The first-order chi connectivity index (χ1) is 9.56. The van der Waals surface area contributed by atoms with Gasteiger partial charge in [-0.3, -0.25) is 9.69 Å². The molecule has 3 nitrogen and oxygen atoms in total. The van der Waals surface area contributed by atoms with Gasteiger partial charge in [-0.2, -0.15) is 0 Å². The summed E-state index contributed by atoms with van der Waals surface area (Å²) >= 11 is 5.85. The fraction of sp³-hybridized carbons (Fsp3) is 0.562. The third-order valence-electron chi connectivity index (χ3n) is 4.00. The zero-order valence-corrected chi connectivity index (χ0v) is 13.0. The Labute approximate surface area is 126 Å². The van der Waals surface area contributed by atoms with Crippen molar-refractivity contribution in [2.24, 2.45) is 5.92 Å². The maximum absolute atomic E-state index is 12.2. The number of carbonyl (C=O) groups is 1. The third-order valence-corrected chi connectivity index (χ3v) is 4.25. The van der Waals surface area contributed by atoms with E-state index in [2.05, 4.69) is 17.1 Å². The van der Waals surface area contributed by atoms with Gasteiger partial charge in [-0.05, 0) is 49.9 Å². The highest BCUT2D eigenvalue weighted by Gasteiger charge is 2.25. The highest BCUT2D eigenvalue weighted by atomic mass is 35.5. The van der Waals surface area contributed by atoms with Crippen molar-refractivity contribution >= 4 is 17.5 Å². The van der Waals surface area contributed by atoms with Crippen LogP contribution in [0.1, 0.15) is 32.3 Å². The van der Waals surface area contributed by atoms with Gasteiger partial charge in [-0.25, -0.2) is 0 Å². The number of hydrogen-bond acceptors (Lipinski definition) is 2. The number of halogens is 1. The van der Waals surface area contributed by atoms with Crippen LogP contribution in [0.5, 0.6) is 0 Å². The van der Waals surface area contributed by atoms with Gasteiger partial charge in [0.25, 0.3) is 0 Å². The second kappa shape index (κ2) is 7.09. The minimum absolute atomic E-state index is 0.0509. The number of nitrogens with zero attached hydrogens (tertiary/aromatic N) is 1. The average Bonchev–Trinajstić information content (AvgIpc) is 2.45. The minimum Gasteiger partial charge on any atom is -0.351 e. The van der Waals surface area contributed by atoms with Crippen molar-refractivity contribution in [1.29, 1.82) is 0 Å². The Balaban J connectivity index is 1.83. The lowest BCUT2D eigenvalue weighted by atomic mass is 9.99. The number of rotatable bonds is 4. The van der Waals surface area contributed by atoms with Crippen LogP contribution < -0.4 is 5.32 Å². The topological polar surface area (TPSA) is 32.3 Å². The summed E-state index contributed by atoms with van der Waals surface area (Å²) in [6.45, 7) is 6.86.